The molecule has 0 aliphatic carbocycles. The summed E-state index contributed by atoms with van der Waals surface area (Å²) in [5.74, 6) is -1.46. The number of carbonyl (C=O) groups excluding carboxylic acids is 5. The van der Waals surface area contributed by atoms with Crippen molar-refractivity contribution < 1.29 is 33.4 Å². The third-order valence-electron chi connectivity index (χ3n) is 5.65. The van der Waals surface area contributed by atoms with Crippen LogP contribution in [-0.4, -0.2) is 47.3 Å². The highest BCUT2D eigenvalue weighted by molar-refractivity contribution is 6.22. The number of imide groups is 1. The Kier molecular flexibility index (Phi) is 7.52. The number of nitrogens with zero attached hydrogens (tertiary/aromatic N) is 1. The zero-order valence-corrected chi connectivity index (χ0v) is 20.9. The summed E-state index contributed by atoms with van der Waals surface area (Å²) < 4.78 is 9.69. The first-order valence-corrected chi connectivity index (χ1v) is 11.9. The fourth-order valence-electron chi connectivity index (χ4n) is 3.87. The number of carbonyl (C=O) groups is 5. The Morgan fingerprint density at radius 3 is 1.97 bits per heavy atom. The maximum absolute atomic E-state index is 12.9. The predicted molar refractivity (Wildman–Crippen MR) is 139 cm³/mol. The molecule has 1 heterocycles. The smallest absolute Gasteiger partial charge is 0.434 e. The summed E-state index contributed by atoms with van der Waals surface area (Å²) in [6.45, 7) is 5.34. The fourth-order valence-corrected chi connectivity index (χ4v) is 3.87. The van der Waals surface area contributed by atoms with Crippen LogP contribution in [0.5, 0.6) is 5.75 Å². The van der Waals surface area contributed by atoms with Crippen molar-refractivity contribution in [3.63, 3.8) is 0 Å². The molecule has 0 radical (unpaired) electrons. The lowest BCUT2D eigenvalue weighted by Gasteiger charge is -2.17. The highest BCUT2D eigenvalue weighted by atomic mass is 16.7. The zero-order valence-electron chi connectivity index (χ0n) is 20.9. The molecule has 194 valence electrons. The summed E-state index contributed by atoms with van der Waals surface area (Å²) in [4.78, 5) is 63.2. The molecule has 3 aromatic rings. The summed E-state index contributed by atoms with van der Waals surface area (Å²) in [5.41, 5.74) is 1.85. The highest BCUT2D eigenvalue weighted by Gasteiger charge is 2.37. The maximum Gasteiger partial charge on any atom is 0.513 e. The molecule has 0 saturated heterocycles. The number of nitrogens with one attached hydrogen (secondary N) is 2. The van der Waals surface area contributed by atoms with Gasteiger partial charge in [-0.15, -0.1) is 0 Å². The fraction of sp³-hybridized carbons (Fsp3) is 0.179. The minimum absolute atomic E-state index is 0.184. The van der Waals surface area contributed by atoms with Crippen molar-refractivity contribution in [1.29, 1.82) is 0 Å². The van der Waals surface area contributed by atoms with E-state index in [1.807, 2.05) is 0 Å². The molecule has 0 atom stereocenters. The van der Waals surface area contributed by atoms with Crippen LogP contribution in [0.2, 0.25) is 0 Å². The monoisotopic (exact) mass is 515 g/mol. The van der Waals surface area contributed by atoms with Crippen LogP contribution in [0.25, 0.3) is 0 Å². The molecule has 0 aromatic heterocycles. The van der Waals surface area contributed by atoms with E-state index in [9.17, 15) is 24.0 Å². The van der Waals surface area contributed by atoms with Gasteiger partial charge in [0.05, 0.1) is 17.7 Å². The molecule has 3 aromatic carbocycles. The van der Waals surface area contributed by atoms with Gasteiger partial charge in [0.1, 0.15) is 5.75 Å². The van der Waals surface area contributed by atoms with Gasteiger partial charge in [-0.1, -0.05) is 6.07 Å². The Hall–Kier alpha value is -4.99. The van der Waals surface area contributed by atoms with E-state index in [1.165, 1.54) is 47.4 Å². The first-order chi connectivity index (χ1) is 18.2. The SMILES string of the molecule is CCOC(=O)Oc1ccc(C(=O)Nc2cccc(NC(=O)c3ccc4c(c3)C(=O)N(C(C)C)C4=O)c2)cc1. The molecule has 10 nitrogen and oxygen atoms in total. The van der Waals surface area contributed by atoms with Gasteiger partial charge in [0, 0.05) is 28.5 Å². The normalized spacial score (nSPS) is 12.3. The van der Waals surface area contributed by atoms with Gasteiger partial charge in [-0.2, -0.15) is 0 Å². The van der Waals surface area contributed by atoms with Crippen LogP contribution in [0.15, 0.2) is 66.7 Å². The zero-order chi connectivity index (χ0) is 27.4. The van der Waals surface area contributed by atoms with Gasteiger partial charge in [0.25, 0.3) is 23.6 Å². The highest BCUT2D eigenvalue weighted by Crippen LogP contribution is 2.26. The number of benzene rings is 3. The molecule has 0 spiro atoms. The van der Waals surface area contributed by atoms with Crippen LogP contribution >= 0.6 is 0 Å². The van der Waals surface area contributed by atoms with Crippen molar-refractivity contribution in [2.24, 2.45) is 0 Å². The largest absolute Gasteiger partial charge is 0.513 e. The molecule has 1 aliphatic rings. The third kappa shape index (κ3) is 5.54. The summed E-state index contributed by atoms with van der Waals surface area (Å²) >= 11 is 0. The van der Waals surface area contributed by atoms with Crippen LogP contribution in [-0.2, 0) is 4.74 Å². The van der Waals surface area contributed by atoms with Crippen molar-refractivity contribution in [2.45, 2.75) is 26.8 Å². The first kappa shape index (κ1) is 26.1. The molecule has 10 heteroatoms. The minimum Gasteiger partial charge on any atom is -0.434 e. The van der Waals surface area contributed by atoms with Crippen LogP contribution in [0, 0.1) is 0 Å². The Bertz CT molecular complexity index is 1430. The molecule has 0 unspecified atom stereocenters. The first-order valence-electron chi connectivity index (χ1n) is 11.9. The van der Waals surface area contributed by atoms with Gasteiger partial charge < -0.3 is 20.1 Å². The average molecular weight is 516 g/mol. The molecule has 38 heavy (non-hydrogen) atoms. The molecular formula is C28H25N3O7. The van der Waals surface area contributed by atoms with Crippen molar-refractivity contribution in [3.8, 4) is 5.75 Å². The second kappa shape index (κ2) is 11.0. The minimum atomic E-state index is -0.832. The van der Waals surface area contributed by atoms with Crippen LogP contribution in [0.1, 0.15) is 62.2 Å². The second-order valence-corrected chi connectivity index (χ2v) is 8.63. The quantitative estimate of drug-likeness (QED) is 0.264. The second-order valence-electron chi connectivity index (χ2n) is 8.63. The molecule has 4 amide bonds. The summed E-state index contributed by atoms with van der Waals surface area (Å²) in [6.07, 6.45) is -0.832. The van der Waals surface area contributed by atoms with Crippen LogP contribution < -0.4 is 15.4 Å². The number of hydrogen-bond donors (Lipinski definition) is 2. The summed E-state index contributed by atoms with van der Waals surface area (Å²) in [6, 6.07) is 16.6. The summed E-state index contributed by atoms with van der Waals surface area (Å²) in [5, 5.41) is 5.48. The van der Waals surface area contributed by atoms with E-state index in [1.54, 1.807) is 45.0 Å². The molecule has 1 aliphatic heterocycles. The average Bonchev–Trinajstić information content (AvgIpc) is 3.14. The Labute approximate surface area is 218 Å². The van der Waals surface area contributed by atoms with E-state index in [4.69, 9.17) is 9.47 Å². The van der Waals surface area contributed by atoms with E-state index in [0.717, 1.165) is 0 Å². The number of hydrogen-bond acceptors (Lipinski definition) is 7. The van der Waals surface area contributed by atoms with E-state index < -0.39 is 23.9 Å². The van der Waals surface area contributed by atoms with Crippen molar-refractivity contribution >= 4 is 41.2 Å². The number of amides is 4. The summed E-state index contributed by atoms with van der Waals surface area (Å²) in [7, 11) is 0. The Morgan fingerprint density at radius 1 is 0.789 bits per heavy atom. The molecular weight excluding hydrogens is 490 g/mol. The van der Waals surface area contributed by atoms with Crippen molar-refractivity contribution in [3.05, 3.63) is 89.0 Å². The van der Waals surface area contributed by atoms with Gasteiger partial charge in [-0.3, -0.25) is 24.1 Å². The van der Waals surface area contributed by atoms with Gasteiger partial charge in [0.2, 0.25) is 0 Å². The Morgan fingerprint density at radius 2 is 1.37 bits per heavy atom. The van der Waals surface area contributed by atoms with E-state index >= 15 is 0 Å². The molecule has 0 saturated carbocycles. The predicted octanol–water partition coefficient (Wildman–Crippen LogP) is 4.73. The van der Waals surface area contributed by atoms with Crippen molar-refractivity contribution in [2.75, 3.05) is 17.2 Å². The van der Waals surface area contributed by atoms with Gasteiger partial charge >= 0.3 is 6.16 Å². The van der Waals surface area contributed by atoms with E-state index in [2.05, 4.69) is 10.6 Å². The van der Waals surface area contributed by atoms with E-state index in [0.29, 0.717) is 16.9 Å². The van der Waals surface area contributed by atoms with Crippen LogP contribution in [0.3, 0.4) is 0 Å². The lowest BCUT2D eigenvalue weighted by Crippen LogP contribution is -2.35. The van der Waals surface area contributed by atoms with Gasteiger partial charge in [0.15, 0.2) is 0 Å². The molecule has 2 N–H and O–H groups in total. The number of ether oxygens (including phenoxy) is 2. The third-order valence-corrected chi connectivity index (χ3v) is 5.65. The standard InChI is InChI=1S/C28H25N3O7/c1-4-37-28(36)38-21-11-8-17(9-12-21)24(32)29-19-6-5-7-20(15-19)30-25(33)18-10-13-22-23(14-18)27(35)31(16(2)3)26(22)34/h5-16H,4H2,1-3H3,(H,29,32)(H,30,33). The maximum atomic E-state index is 12.9. The number of fused-ring (bicyclic) bond motifs is 1. The Balaban J connectivity index is 1.41. The lowest BCUT2D eigenvalue weighted by molar-refractivity contribution is 0.0608. The molecule has 0 fully saturated rings. The number of rotatable bonds is 7. The van der Waals surface area contributed by atoms with Gasteiger partial charge in [-0.25, -0.2) is 4.79 Å². The van der Waals surface area contributed by atoms with Gasteiger partial charge in [-0.05, 0) is 81.4 Å². The number of anilines is 2. The molecule has 4 rings (SSSR count). The topological polar surface area (TPSA) is 131 Å². The van der Waals surface area contributed by atoms with Crippen molar-refractivity contribution in [1.82, 2.24) is 4.90 Å². The lowest BCUT2D eigenvalue weighted by atomic mass is 10.1. The van der Waals surface area contributed by atoms with Crippen LogP contribution in [0.4, 0.5) is 16.2 Å². The molecule has 0 bridgehead atoms. The van der Waals surface area contributed by atoms with E-state index in [-0.39, 0.29) is 41.0 Å².